The number of carboxylic acids is 1. The van der Waals surface area contributed by atoms with Crippen LogP contribution in [0.2, 0.25) is 0 Å². The maximum Gasteiger partial charge on any atom is 0.329 e. The zero-order valence-electron chi connectivity index (χ0n) is 12.2. The first kappa shape index (κ1) is 15.8. The Morgan fingerprint density at radius 2 is 1.89 bits per heavy atom. The second kappa shape index (κ2) is 6.23. The van der Waals surface area contributed by atoms with Gasteiger partial charge in [0.25, 0.3) is 0 Å². The van der Waals surface area contributed by atoms with Gasteiger partial charge in [0.1, 0.15) is 5.54 Å². The lowest BCUT2D eigenvalue weighted by molar-refractivity contribution is -0.147. The average molecular weight is 272 g/mol. The fourth-order valence-electron chi connectivity index (χ4n) is 1.47. The zero-order valence-corrected chi connectivity index (χ0v) is 12.2. The lowest BCUT2D eigenvalue weighted by Crippen LogP contribution is -2.54. The van der Waals surface area contributed by atoms with Gasteiger partial charge in [0.2, 0.25) is 0 Å². The highest BCUT2D eigenvalue weighted by molar-refractivity contribution is 5.85. The number of urea groups is 1. The number of hydrogen-bond donors (Lipinski definition) is 1. The van der Waals surface area contributed by atoms with Gasteiger partial charge in [-0.15, -0.1) is 0 Å². The number of ether oxygens (including phenoxy) is 1. The number of carbonyl (C=O) groups excluding carboxylic acids is 1. The quantitative estimate of drug-likeness (QED) is 0.708. The van der Waals surface area contributed by atoms with E-state index in [4.69, 9.17) is 9.84 Å². The van der Waals surface area contributed by atoms with Crippen molar-refractivity contribution in [3.8, 4) is 0 Å². The van der Waals surface area contributed by atoms with Crippen LogP contribution in [0.5, 0.6) is 0 Å². The summed E-state index contributed by atoms with van der Waals surface area (Å²) in [5.41, 5.74) is -1.22. The number of hydrogen-bond acceptors (Lipinski definition) is 3. The van der Waals surface area contributed by atoms with E-state index < -0.39 is 11.5 Å². The average Bonchev–Trinajstić information content (AvgIpc) is 3.16. The Hall–Kier alpha value is -1.30. The van der Waals surface area contributed by atoms with Crippen LogP contribution >= 0.6 is 0 Å². The molecule has 0 spiro atoms. The highest BCUT2D eigenvalue weighted by atomic mass is 16.5. The molecule has 0 bridgehead atoms. The molecule has 19 heavy (non-hydrogen) atoms. The van der Waals surface area contributed by atoms with Gasteiger partial charge in [-0.25, -0.2) is 9.59 Å². The monoisotopic (exact) mass is 272 g/mol. The number of amides is 2. The number of carbonyl (C=O) groups is 2. The largest absolute Gasteiger partial charge is 0.480 e. The molecule has 2 amide bonds. The van der Waals surface area contributed by atoms with Crippen LogP contribution in [-0.2, 0) is 9.53 Å². The molecule has 1 N–H and O–H groups in total. The number of likely N-dealkylation sites (N-methyl/N-ethyl adjacent to an activating group) is 2. The summed E-state index contributed by atoms with van der Waals surface area (Å²) in [7, 11) is 3.15. The van der Waals surface area contributed by atoms with Gasteiger partial charge in [0.05, 0.1) is 6.61 Å². The first-order chi connectivity index (χ1) is 8.76. The van der Waals surface area contributed by atoms with Gasteiger partial charge in [-0.3, -0.25) is 0 Å². The van der Waals surface area contributed by atoms with Crippen molar-refractivity contribution in [3.63, 3.8) is 0 Å². The molecule has 0 aliphatic heterocycles. The summed E-state index contributed by atoms with van der Waals surface area (Å²) >= 11 is 0. The molecular formula is C13H24N2O4. The summed E-state index contributed by atoms with van der Waals surface area (Å²) in [6, 6.07) is -0.317. The minimum atomic E-state index is -1.22. The molecule has 0 aromatic rings. The first-order valence-corrected chi connectivity index (χ1v) is 6.57. The molecule has 1 aliphatic rings. The molecule has 0 aromatic carbocycles. The van der Waals surface area contributed by atoms with Crippen molar-refractivity contribution in [2.75, 3.05) is 33.9 Å². The summed E-state index contributed by atoms with van der Waals surface area (Å²) in [5.74, 6) is -0.323. The minimum Gasteiger partial charge on any atom is -0.480 e. The molecule has 0 unspecified atom stereocenters. The van der Waals surface area contributed by atoms with Gasteiger partial charge in [0, 0.05) is 27.2 Å². The minimum absolute atomic E-state index is 0.317. The highest BCUT2D eigenvalue weighted by Gasteiger charge is 2.36. The van der Waals surface area contributed by atoms with E-state index in [9.17, 15) is 9.59 Å². The second-order valence-corrected chi connectivity index (χ2v) is 5.65. The van der Waals surface area contributed by atoms with Crippen LogP contribution in [-0.4, -0.2) is 66.3 Å². The highest BCUT2D eigenvalue weighted by Crippen LogP contribution is 2.28. The van der Waals surface area contributed by atoms with E-state index in [2.05, 4.69) is 0 Å². The number of aliphatic carboxylic acids is 1. The van der Waals surface area contributed by atoms with E-state index in [1.807, 2.05) is 0 Å². The Morgan fingerprint density at radius 3 is 2.37 bits per heavy atom. The SMILES string of the molecule is CN(CCOCC1CC1)C(=O)N(C)C(C)(C)C(=O)O. The van der Waals surface area contributed by atoms with Crippen LogP contribution in [0.1, 0.15) is 26.7 Å². The van der Waals surface area contributed by atoms with Crippen molar-refractivity contribution in [3.05, 3.63) is 0 Å². The van der Waals surface area contributed by atoms with Crippen LogP contribution < -0.4 is 0 Å². The van der Waals surface area contributed by atoms with Gasteiger partial charge in [-0.05, 0) is 32.6 Å². The van der Waals surface area contributed by atoms with Gasteiger partial charge < -0.3 is 19.6 Å². The third kappa shape index (κ3) is 4.38. The van der Waals surface area contributed by atoms with Crippen LogP contribution in [0.3, 0.4) is 0 Å². The maximum atomic E-state index is 12.1. The Balaban J connectivity index is 2.35. The zero-order chi connectivity index (χ0) is 14.6. The van der Waals surface area contributed by atoms with Crippen LogP contribution in [0.15, 0.2) is 0 Å². The molecule has 110 valence electrons. The standard InChI is InChI=1S/C13H24N2O4/c1-13(2,11(16)17)15(4)12(18)14(3)7-8-19-9-10-5-6-10/h10H,5-9H2,1-4H3,(H,16,17). The third-order valence-corrected chi connectivity index (χ3v) is 3.60. The molecule has 1 fully saturated rings. The van der Waals surface area contributed by atoms with Crippen molar-refractivity contribution in [2.24, 2.45) is 5.92 Å². The van der Waals surface area contributed by atoms with Crippen LogP contribution in [0.4, 0.5) is 4.79 Å². The molecule has 0 saturated heterocycles. The molecule has 0 aromatic heterocycles. The van der Waals surface area contributed by atoms with Crippen molar-refractivity contribution in [1.82, 2.24) is 9.80 Å². The second-order valence-electron chi connectivity index (χ2n) is 5.65. The Kier molecular flexibility index (Phi) is 5.17. The Bertz CT molecular complexity index is 340. The fourth-order valence-corrected chi connectivity index (χ4v) is 1.47. The topological polar surface area (TPSA) is 70.1 Å². The Morgan fingerprint density at radius 1 is 1.32 bits per heavy atom. The molecule has 0 atom stereocenters. The smallest absolute Gasteiger partial charge is 0.329 e. The molecule has 1 saturated carbocycles. The van der Waals surface area contributed by atoms with E-state index in [0.717, 1.165) is 6.61 Å². The molecule has 1 rings (SSSR count). The summed E-state index contributed by atoms with van der Waals surface area (Å²) in [5, 5.41) is 9.09. The summed E-state index contributed by atoms with van der Waals surface area (Å²) in [6.07, 6.45) is 2.48. The lowest BCUT2D eigenvalue weighted by atomic mass is 10.0. The Labute approximate surface area is 114 Å². The summed E-state index contributed by atoms with van der Waals surface area (Å²) in [4.78, 5) is 25.9. The molecule has 6 heteroatoms. The van der Waals surface area contributed by atoms with E-state index >= 15 is 0 Å². The fraction of sp³-hybridized carbons (Fsp3) is 0.846. The van der Waals surface area contributed by atoms with Crippen molar-refractivity contribution < 1.29 is 19.4 Å². The molecule has 6 nitrogen and oxygen atoms in total. The summed E-state index contributed by atoms with van der Waals surface area (Å²) in [6.45, 7) is 4.72. The lowest BCUT2D eigenvalue weighted by Gasteiger charge is -2.34. The molecule has 0 heterocycles. The number of rotatable bonds is 7. The van der Waals surface area contributed by atoms with Crippen molar-refractivity contribution >= 4 is 12.0 Å². The van der Waals surface area contributed by atoms with Crippen molar-refractivity contribution in [1.29, 1.82) is 0 Å². The van der Waals surface area contributed by atoms with Gasteiger partial charge >= 0.3 is 12.0 Å². The molecule has 0 radical (unpaired) electrons. The van der Waals surface area contributed by atoms with Gasteiger partial charge in [0.15, 0.2) is 0 Å². The molecular weight excluding hydrogens is 248 g/mol. The predicted molar refractivity (Wildman–Crippen MR) is 71.0 cm³/mol. The van der Waals surface area contributed by atoms with E-state index in [-0.39, 0.29) is 6.03 Å². The number of nitrogens with zero attached hydrogens (tertiary/aromatic N) is 2. The van der Waals surface area contributed by atoms with E-state index in [1.165, 1.54) is 43.5 Å². The van der Waals surface area contributed by atoms with Crippen LogP contribution in [0, 0.1) is 5.92 Å². The normalized spacial score (nSPS) is 15.2. The number of carboxylic acid groups (broad SMARTS) is 1. The van der Waals surface area contributed by atoms with Crippen LogP contribution in [0.25, 0.3) is 0 Å². The first-order valence-electron chi connectivity index (χ1n) is 6.57. The third-order valence-electron chi connectivity index (χ3n) is 3.60. The molecule has 1 aliphatic carbocycles. The maximum absolute atomic E-state index is 12.1. The summed E-state index contributed by atoms with van der Waals surface area (Å²) < 4.78 is 5.46. The van der Waals surface area contributed by atoms with E-state index in [1.54, 1.807) is 7.05 Å². The van der Waals surface area contributed by atoms with E-state index in [0.29, 0.717) is 19.1 Å². The van der Waals surface area contributed by atoms with Crippen molar-refractivity contribution in [2.45, 2.75) is 32.2 Å². The van der Waals surface area contributed by atoms with Gasteiger partial charge in [-0.1, -0.05) is 0 Å². The van der Waals surface area contributed by atoms with Gasteiger partial charge in [-0.2, -0.15) is 0 Å². The predicted octanol–water partition coefficient (Wildman–Crippen LogP) is 1.26.